The predicted octanol–water partition coefficient (Wildman–Crippen LogP) is 9.58. The molecule has 4 aliphatic heterocycles. The predicted molar refractivity (Wildman–Crippen MR) is 560 cm³/mol. The molecule has 6 rings (SSSR count). The van der Waals surface area contributed by atoms with Crippen molar-refractivity contribution in [2.75, 3.05) is 80.9 Å². The first kappa shape index (κ1) is 128. The van der Waals surface area contributed by atoms with E-state index in [9.17, 15) is 82.1 Å². The highest BCUT2D eigenvalue weighted by molar-refractivity contribution is 8.03. The van der Waals surface area contributed by atoms with Gasteiger partial charge in [0.05, 0.1) is 69.2 Å². The van der Waals surface area contributed by atoms with E-state index in [4.69, 9.17) is 33.7 Å². The lowest BCUT2D eigenvalue weighted by atomic mass is 9.91. The molecule has 22 atom stereocenters. The van der Waals surface area contributed by atoms with E-state index >= 15 is 0 Å². The number of nitrogens with one attached hydrogen (secondary N) is 8. The molecule has 2 aromatic carbocycles. The average Bonchev–Trinajstić information content (AvgIpc) is 1.63. The second-order valence-corrected chi connectivity index (χ2v) is 43.0. The molecule has 10 N–H and O–H groups in total. The lowest BCUT2D eigenvalue weighted by Gasteiger charge is -2.36. The number of nitrogens with zero attached hydrogens (tertiary/aromatic N) is 6. The number of Topliss-reactive ketones (excluding diaryl/α,β-unsaturated/α-hetero) is 2. The summed E-state index contributed by atoms with van der Waals surface area (Å²) < 4.78 is 34.7. The number of carbonyl (C=O) groups is 15. The third-order valence-corrected chi connectivity index (χ3v) is 28.4. The Kier molecular flexibility index (Phi) is 56.5. The number of hydrogen-bond donors (Lipinski definition) is 10. The van der Waals surface area contributed by atoms with Gasteiger partial charge in [0.1, 0.15) is 71.4 Å². The molecule has 37 nitrogen and oxygen atoms in total. The fourth-order valence-corrected chi connectivity index (χ4v) is 18.8. The zero-order valence-electron chi connectivity index (χ0n) is 92.3. The monoisotopic (exact) mass is 2070 g/mol. The summed E-state index contributed by atoms with van der Waals surface area (Å²) in [6.45, 7) is 40.6. The number of aliphatic hydroxyl groups is 2. The molecule has 0 unspecified atom stereocenters. The highest BCUT2D eigenvalue weighted by Gasteiger charge is 2.48. The molecule has 0 aliphatic carbocycles. The molecule has 0 radical (unpaired) electrons. The molecule has 4 saturated heterocycles. The molecular weight excluding hydrogens is 1890 g/mol. The third-order valence-electron chi connectivity index (χ3n) is 27.8. The van der Waals surface area contributed by atoms with Crippen LogP contribution in [0.2, 0.25) is 0 Å². The molecular formula is C108H178N14O23S. The number of aliphatic hydroxyl groups excluding tert-OH is 2. The number of thioether (sulfide) groups is 1. The number of hydrogen-bond acceptors (Lipinski definition) is 28. The van der Waals surface area contributed by atoms with Crippen molar-refractivity contribution in [3.63, 3.8) is 0 Å². The van der Waals surface area contributed by atoms with Gasteiger partial charge in [-0.05, 0) is 193 Å². The summed E-state index contributed by atoms with van der Waals surface area (Å²) in [5.41, 5.74) is 1.37. The van der Waals surface area contributed by atoms with Gasteiger partial charge in [-0.1, -0.05) is 175 Å². The van der Waals surface area contributed by atoms with Gasteiger partial charge < -0.3 is 106 Å². The van der Waals surface area contributed by atoms with Crippen molar-refractivity contribution in [2.24, 2.45) is 59.2 Å². The smallest absolute Gasteiger partial charge is 0.329 e. The zero-order chi connectivity index (χ0) is 110. The number of unbranched alkanes of at least 4 members (excludes halogenated alkanes) is 2. The van der Waals surface area contributed by atoms with Gasteiger partial charge in [-0.3, -0.25) is 57.5 Å². The fourth-order valence-electron chi connectivity index (χ4n) is 18.2. The minimum Gasteiger partial charge on any atom is -0.497 e. The van der Waals surface area contributed by atoms with Crippen LogP contribution >= 0.6 is 11.8 Å². The highest BCUT2D eigenvalue weighted by Crippen LogP contribution is 2.31. The van der Waals surface area contributed by atoms with Crippen molar-refractivity contribution in [1.82, 2.24) is 67.0 Å². The summed E-state index contributed by atoms with van der Waals surface area (Å²) in [7, 11) is 9.30. The first-order valence-electron chi connectivity index (χ1n) is 52.8. The molecule has 0 saturated carbocycles. The number of thiocyanates is 1. The number of methoxy groups -OCH3 is 2. The topological polar surface area (TPSA) is 488 Å². The summed E-state index contributed by atoms with van der Waals surface area (Å²) in [4.78, 5) is 220. The van der Waals surface area contributed by atoms with Gasteiger partial charge in [0, 0.05) is 84.5 Å². The maximum Gasteiger partial charge on any atom is 0.329 e. The van der Waals surface area contributed by atoms with E-state index in [0.717, 1.165) is 25.0 Å². The van der Waals surface area contributed by atoms with Crippen LogP contribution in [-0.4, -0.2) is 313 Å². The average molecular weight is 2070 g/mol. The molecule has 4 fully saturated rings. The van der Waals surface area contributed by atoms with Crippen molar-refractivity contribution in [1.29, 1.82) is 5.26 Å². The number of nitriles is 1. The van der Waals surface area contributed by atoms with Crippen molar-refractivity contribution in [3.05, 3.63) is 59.7 Å². The first-order valence-corrected chi connectivity index (χ1v) is 53.8. The highest BCUT2D eigenvalue weighted by atomic mass is 32.2. The van der Waals surface area contributed by atoms with Gasteiger partial charge in [-0.15, -0.1) is 0 Å². The molecule has 146 heavy (non-hydrogen) atoms. The molecule has 4 heterocycles. The number of urea groups is 1. The van der Waals surface area contributed by atoms with Crippen LogP contribution in [0, 0.1) is 69.8 Å². The van der Waals surface area contributed by atoms with Gasteiger partial charge in [-0.2, -0.15) is 5.26 Å². The second kappa shape index (κ2) is 64.4. The maximum atomic E-state index is 14.8. The quantitative estimate of drug-likeness (QED) is 0.0107. The van der Waals surface area contributed by atoms with Crippen LogP contribution in [-0.2, 0) is 98.9 Å². The second-order valence-electron chi connectivity index (χ2n) is 42.2. The van der Waals surface area contributed by atoms with Gasteiger partial charge in [0.25, 0.3) is 0 Å². The standard InChI is InChI=1S/C54H89N7O12.C49H80N6O11.C5H9NS/c1-15-17-24-55-54(70)60(13)42(27-32(5)6)50(66)58-40-30-56-46(34(9)16-2)44(62)29-45(63)73-48(33(7)8)47(64)35(10)49(65)57-39(26-31(3)4)51(67)61-25-18-19-41(61)52(68)59(12)43(53(69)72-36(40)11)28-37-20-22-38(71-14)23-21-37;1-14-30(8)42-40(56)25-41(57)66-44(29(6)7)43(58)31(9)45(59)52-36(23-28(4)5)47(61)55-21-15-16-38(55)48(62)54(12)39(24-33-17-19-34(64-13)20-18-33)49(63)65-32(10)37(26-51-42)53-46(60)35(50-11)22-27(2)3;1-2-3-4-7-5-6/h20-23,31-36,39-44,46,48,56,62H,15-19,24-30H2,1-14H3,(H,55,70)(H,57,65)(H,58,66);17-20,27-32,35-40,42,44,50-51,56H,14-16,21-26H2,1-13H3,(H,52,59)(H,53,60);2-4H2,1H3/t34-,35-,36+,39-,40+,41-,42+,43-,44-,46+,48-;30-,31-,32+,35+,36-,37+,38-,39-,40-,42+,44-;/m00./s1. The minimum absolute atomic E-state index is 0.00414. The third kappa shape index (κ3) is 40.1. The SMILES string of the molecule is CCCCNC(=O)N(C)[C@H](CC(C)C)C(=O)N[C@@H]1CN[C@H]([C@@H](C)CC)[C@@H](O)CC(=O)O[C@@H](C(C)C)C(=O)[C@H](C)C(=O)N[C@@H](CC(C)C)C(=O)N2CCC[C@H]2C(=O)N(C)[C@@H](Cc2ccc(OC)cc2)C(=O)O[C@@H]1C.CCCCSC#N.CC[C@H](C)[C@H]1NC[C@@H](NC(=O)[C@@H](CC(C)C)NC)[C@@H](C)OC(=O)[C@H](Cc2ccc(OC)cc2)N(C)C(=O)[C@@H]2CCCN2C(=O)[C@H](CC(C)C)NC(=O)[C@@H](C)C(=O)[C@H](C(C)C)OC(=O)C[C@@H]1O. The maximum absolute atomic E-state index is 14.8. The van der Waals surface area contributed by atoms with Crippen LogP contribution in [0.25, 0.3) is 0 Å². The van der Waals surface area contributed by atoms with Crippen LogP contribution in [0.3, 0.4) is 0 Å². The summed E-state index contributed by atoms with van der Waals surface area (Å²) in [5, 5.41) is 57.8. The number of esters is 4. The Hall–Kier alpha value is -10.1. The van der Waals surface area contributed by atoms with Crippen molar-refractivity contribution >= 4 is 100 Å². The molecule has 824 valence electrons. The van der Waals surface area contributed by atoms with Crippen LogP contribution in [0.5, 0.6) is 11.5 Å². The normalized spacial score (nSPS) is 26.3. The molecule has 38 heteroatoms. The van der Waals surface area contributed by atoms with E-state index in [1.165, 1.54) is 77.7 Å². The fraction of sp³-hybridized carbons (Fsp3) is 0.741. The minimum atomic E-state index is -1.38. The van der Waals surface area contributed by atoms with Gasteiger partial charge in [0.2, 0.25) is 47.3 Å². The number of ketones is 2. The number of fused-ring (bicyclic) bond motifs is 2. The van der Waals surface area contributed by atoms with E-state index in [-0.39, 0.29) is 99.7 Å². The van der Waals surface area contributed by atoms with E-state index < -0.39 is 228 Å². The molecule has 10 amide bonds. The summed E-state index contributed by atoms with van der Waals surface area (Å²) in [6.07, 6.45) is -0.607. The lowest BCUT2D eigenvalue weighted by molar-refractivity contribution is -0.162. The summed E-state index contributed by atoms with van der Waals surface area (Å²) >= 11 is 1.34. The summed E-state index contributed by atoms with van der Waals surface area (Å²) in [5.74, 6) is -11.1. The van der Waals surface area contributed by atoms with E-state index in [2.05, 4.69) is 49.5 Å². The van der Waals surface area contributed by atoms with Crippen molar-refractivity contribution in [3.8, 4) is 16.9 Å². The number of benzene rings is 2. The van der Waals surface area contributed by atoms with Crippen LogP contribution in [0.1, 0.15) is 266 Å². The number of carbonyl (C=O) groups excluding carboxylic acids is 15. The number of ether oxygens (including phenoxy) is 6. The molecule has 2 aromatic rings. The number of rotatable bonds is 32. The Morgan fingerprint density at radius 3 is 1.26 bits per heavy atom. The van der Waals surface area contributed by atoms with E-state index in [1.54, 1.807) is 111 Å². The Labute approximate surface area is 872 Å². The zero-order valence-corrected chi connectivity index (χ0v) is 93.1. The van der Waals surface area contributed by atoms with Crippen LogP contribution in [0.4, 0.5) is 4.79 Å². The summed E-state index contributed by atoms with van der Waals surface area (Å²) in [6, 6.07) is 2.10. The van der Waals surface area contributed by atoms with E-state index in [0.29, 0.717) is 74.1 Å². The largest absolute Gasteiger partial charge is 0.497 e. The van der Waals surface area contributed by atoms with Crippen molar-refractivity contribution in [2.45, 2.75) is 377 Å². The van der Waals surface area contributed by atoms with Crippen LogP contribution < -0.4 is 52.0 Å². The van der Waals surface area contributed by atoms with Gasteiger partial charge in [0.15, 0.2) is 23.8 Å². The Balaban J connectivity index is 0.000000572. The lowest BCUT2D eigenvalue weighted by Crippen LogP contribution is -2.59. The number of amides is 10. The molecule has 0 aromatic heterocycles. The molecule has 0 bridgehead atoms. The van der Waals surface area contributed by atoms with Crippen LogP contribution in [0.15, 0.2) is 48.5 Å². The number of likely N-dealkylation sites (N-methyl/N-ethyl adjacent to an activating group) is 4. The molecule has 4 aliphatic rings. The van der Waals surface area contributed by atoms with Gasteiger partial charge in [-0.25, -0.2) is 14.4 Å². The number of cyclic esters (lactones) is 4. The first-order chi connectivity index (χ1) is 68.8. The Morgan fingerprint density at radius 1 is 0.541 bits per heavy atom. The van der Waals surface area contributed by atoms with Gasteiger partial charge >= 0.3 is 29.9 Å². The Morgan fingerprint density at radius 2 is 0.925 bits per heavy atom. The van der Waals surface area contributed by atoms with Crippen molar-refractivity contribution < 1.29 is 111 Å². The Bertz CT molecular complexity index is 4520. The van der Waals surface area contributed by atoms with E-state index in [1.807, 2.05) is 95.4 Å². The molecule has 0 spiro atoms.